The number of nitrogens with one attached hydrogen (secondary N) is 1. The summed E-state index contributed by atoms with van der Waals surface area (Å²) in [6, 6.07) is 15.2. The van der Waals surface area contributed by atoms with Crippen molar-refractivity contribution in [3.05, 3.63) is 71.1 Å². The van der Waals surface area contributed by atoms with Gasteiger partial charge in [-0.15, -0.1) is 0 Å². The number of fused-ring (bicyclic) bond motifs is 1. The maximum atomic E-state index is 13.4. The zero-order chi connectivity index (χ0) is 19.0. The fourth-order valence-electron chi connectivity index (χ4n) is 2.80. The van der Waals surface area contributed by atoms with Crippen molar-refractivity contribution in [2.24, 2.45) is 0 Å². The van der Waals surface area contributed by atoms with Crippen LogP contribution in [0.1, 0.15) is 5.56 Å². The summed E-state index contributed by atoms with van der Waals surface area (Å²) in [4.78, 5) is 4.39. The molecule has 4 aromatic rings. The summed E-state index contributed by atoms with van der Waals surface area (Å²) in [5, 5.41) is 12.8. The molecule has 7 heteroatoms. The van der Waals surface area contributed by atoms with Crippen LogP contribution >= 0.6 is 11.6 Å². The molecule has 0 aliphatic heterocycles. The summed E-state index contributed by atoms with van der Waals surface area (Å²) in [5.74, 6) is -0.326. The predicted molar refractivity (Wildman–Crippen MR) is 103 cm³/mol. The van der Waals surface area contributed by atoms with Crippen LogP contribution in [0, 0.1) is 17.1 Å². The van der Waals surface area contributed by atoms with Gasteiger partial charge in [-0.3, -0.25) is 4.98 Å². The van der Waals surface area contributed by atoms with E-state index in [4.69, 9.17) is 27.0 Å². The number of nitriles is 1. The maximum absolute atomic E-state index is 13.4. The van der Waals surface area contributed by atoms with Crippen LogP contribution in [0.5, 0.6) is 0 Å². The van der Waals surface area contributed by atoms with E-state index in [1.807, 2.05) is 0 Å². The minimum atomic E-state index is -0.500. The van der Waals surface area contributed by atoms with E-state index in [0.29, 0.717) is 28.2 Å². The number of benzene rings is 2. The van der Waals surface area contributed by atoms with Gasteiger partial charge in [-0.25, -0.2) is 4.39 Å². The van der Waals surface area contributed by atoms with E-state index in [9.17, 15) is 4.39 Å². The van der Waals surface area contributed by atoms with Crippen LogP contribution in [-0.2, 0) is 0 Å². The molecule has 2 aromatic carbocycles. The number of nitrogens with two attached hydrogens (primary N) is 1. The molecule has 5 nitrogen and oxygen atoms in total. The van der Waals surface area contributed by atoms with Crippen LogP contribution < -0.4 is 11.1 Å². The Bertz CT molecular complexity index is 1200. The third kappa shape index (κ3) is 3.05. The molecule has 0 saturated heterocycles. The highest BCUT2D eigenvalue weighted by atomic mass is 35.5. The summed E-state index contributed by atoms with van der Waals surface area (Å²) in [6.07, 6.45) is 1.65. The Balaban J connectivity index is 1.80. The molecule has 0 atom stereocenters. The number of nitrogens with zero attached hydrogens (tertiary/aromatic N) is 2. The van der Waals surface area contributed by atoms with Gasteiger partial charge in [0.25, 0.3) is 0 Å². The third-order valence-corrected chi connectivity index (χ3v) is 4.40. The van der Waals surface area contributed by atoms with Gasteiger partial charge in [-0.2, -0.15) is 5.26 Å². The summed E-state index contributed by atoms with van der Waals surface area (Å²) in [7, 11) is 0. The van der Waals surface area contributed by atoms with E-state index >= 15 is 0 Å². The quantitative estimate of drug-likeness (QED) is 0.492. The molecule has 0 bridgehead atoms. The molecule has 3 N–H and O–H groups in total. The van der Waals surface area contributed by atoms with Crippen LogP contribution in [0.3, 0.4) is 0 Å². The highest BCUT2D eigenvalue weighted by Gasteiger charge is 2.17. The van der Waals surface area contributed by atoms with Crippen molar-refractivity contribution in [1.82, 2.24) is 4.98 Å². The molecule has 2 heterocycles. The molecule has 0 radical (unpaired) electrons. The van der Waals surface area contributed by atoms with E-state index in [1.54, 1.807) is 42.6 Å². The molecule has 0 unspecified atom stereocenters. The van der Waals surface area contributed by atoms with Crippen molar-refractivity contribution in [3.63, 3.8) is 0 Å². The van der Waals surface area contributed by atoms with Crippen molar-refractivity contribution >= 4 is 39.8 Å². The summed E-state index contributed by atoms with van der Waals surface area (Å²) in [6.45, 7) is 0. The van der Waals surface area contributed by atoms with Crippen LogP contribution in [0.15, 0.2) is 59.1 Å². The number of hydrogen-bond acceptors (Lipinski definition) is 5. The topological polar surface area (TPSA) is 87.9 Å². The molecular weight excluding hydrogens is 367 g/mol. The second-order valence-electron chi connectivity index (χ2n) is 5.82. The number of anilines is 3. The zero-order valence-electron chi connectivity index (χ0n) is 13.8. The monoisotopic (exact) mass is 378 g/mol. The predicted octanol–water partition coefficient (Wildman–Crippen LogP) is 5.48. The molecule has 0 aliphatic rings. The molecule has 0 spiro atoms. The van der Waals surface area contributed by atoms with Crippen LogP contribution in [0.4, 0.5) is 21.6 Å². The van der Waals surface area contributed by atoms with Crippen LogP contribution in [0.25, 0.3) is 22.2 Å². The SMILES string of the molecule is N#Cc1ccc(-c2nccc3c(Nc4ccc(F)c(Cl)c4)c(N)oc23)cc1. The van der Waals surface area contributed by atoms with Crippen LogP contribution in [0.2, 0.25) is 5.02 Å². The Hall–Kier alpha value is -3.56. The van der Waals surface area contributed by atoms with Gasteiger partial charge in [-0.05, 0) is 36.4 Å². The standard InChI is InChI=1S/C20H12ClFN4O/c21-15-9-13(5-6-16(15)22)26-18-14-7-8-25-17(19(14)27-20(18)24)12-3-1-11(10-23)2-4-12/h1-9,26H,24H2. The Morgan fingerprint density at radius 2 is 1.93 bits per heavy atom. The lowest BCUT2D eigenvalue weighted by Gasteiger charge is -2.06. The van der Waals surface area contributed by atoms with E-state index in [2.05, 4.69) is 16.4 Å². The van der Waals surface area contributed by atoms with Crippen molar-refractivity contribution in [2.45, 2.75) is 0 Å². The lowest BCUT2D eigenvalue weighted by Crippen LogP contribution is -1.94. The highest BCUT2D eigenvalue weighted by Crippen LogP contribution is 2.39. The average Bonchev–Trinajstić information content (AvgIpc) is 3.00. The Labute approximate surface area is 158 Å². The van der Waals surface area contributed by atoms with Crippen LogP contribution in [-0.4, -0.2) is 4.98 Å². The smallest absolute Gasteiger partial charge is 0.215 e. The Morgan fingerprint density at radius 1 is 1.15 bits per heavy atom. The molecule has 27 heavy (non-hydrogen) atoms. The fourth-order valence-corrected chi connectivity index (χ4v) is 2.98. The van der Waals surface area contributed by atoms with E-state index < -0.39 is 5.82 Å². The molecule has 132 valence electrons. The van der Waals surface area contributed by atoms with Crippen molar-refractivity contribution in [2.75, 3.05) is 11.1 Å². The summed E-state index contributed by atoms with van der Waals surface area (Å²) >= 11 is 5.84. The molecular formula is C20H12ClFN4O. The number of rotatable bonds is 3. The van der Waals surface area contributed by atoms with Gasteiger partial charge in [0.15, 0.2) is 5.58 Å². The van der Waals surface area contributed by atoms with Gasteiger partial charge < -0.3 is 15.5 Å². The number of nitrogen functional groups attached to an aromatic ring is 1. The number of furan rings is 1. The maximum Gasteiger partial charge on any atom is 0.215 e. The molecule has 0 aliphatic carbocycles. The third-order valence-electron chi connectivity index (χ3n) is 4.11. The van der Waals surface area contributed by atoms with Gasteiger partial charge in [0.05, 0.1) is 22.0 Å². The Kier molecular flexibility index (Phi) is 4.15. The molecule has 0 amide bonds. The minimum absolute atomic E-state index is 0.00584. The average molecular weight is 379 g/mol. The van der Waals surface area contributed by atoms with Gasteiger partial charge in [0.2, 0.25) is 5.88 Å². The molecule has 0 fully saturated rings. The fraction of sp³-hybridized carbons (Fsp3) is 0. The normalized spacial score (nSPS) is 10.7. The molecule has 4 rings (SSSR count). The van der Waals surface area contributed by atoms with E-state index in [0.717, 1.165) is 10.9 Å². The largest absolute Gasteiger partial charge is 0.436 e. The van der Waals surface area contributed by atoms with Crippen molar-refractivity contribution in [3.8, 4) is 17.3 Å². The van der Waals surface area contributed by atoms with Crippen molar-refractivity contribution in [1.29, 1.82) is 5.26 Å². The highest BCUT2D eigenvalue weighted by molar-refractivity contribution is 6.31. The van der Waals surface area contributed by atoms with Gasteiger partial charge in [-0.1, -0.05) is 23.7 Å². The van der Waals surface area contributed by atoms with Gasteiger partial charge in [0.1, 0.15) is 17.2 Å². The van der Waals surface area contributed by atoms with Gasteiger partial charge in [0, 0.05) is 17.4 Å². The van der Waals surface area contributed by atoms with E-state index in [-0.39, 0.29) is 10.9 Å². The second-order valence-corrected chi connectivity index (χ2v) is 6.23. The zero-order valence-corrected chi connectivity index (χ0v) is 14.6. The first-order chi connectivity index (χ1) is 13.1. The lowest BCUT2D eigenvalue weighted by molar-refractivity contribution is 0.628. The molecule has 0 saturated carbocycles. The number of pyridine rings is 1. The number of hydrogen-bond donors (Lipinski definition) is 2. The van der Waals surface area contributed by atoms with Gasteiger partial charge >= 0.3 is 0 Å². The van der Waals surface area contributed by atoms with Crippen molar-refractivity contribution < 1.29 is 8.81 Å². The number of halogens is 2. The number of aromatic nitrogens is 1. The lowest BCUT2D eigenvalue weighted by atomic mass is 10.1. The first-order valence-electron chi connectivity index (χ1n) is 7.96. The first-order valence-corrected chi connectivity index (χ1v) is 8.34. The van der Waals surface area contributed by atoms with E-state index in [1.165, 1.54) is 12.1 Å². The summed E-state index contributed by atoms with van der Waals surface area (Å²) in [5.41, 5.74) is 9.64. The minimum Gasteiger partial charge on any atom is -0.436 e. The molecule has 2 aromatic heterocycles. The summed E-state index contributed by atoms with van der Waals surface area (Å²) < 4.78 is 19.1. The Morgan fingerprint density at radius 3 is 2.63 bits per heavy atom. The second kappa shape index (κ2) is 6.63. The first kappa shape index (κ1) is 16.9.